The molecule has 0 aliphatic heterocycles. The second kappa shape index (κ2) is 9.84. The van der Waals surface area contributed by atoms with Crippen molar-refractivity contribution in [2.45, 2.75) is 6.92 Å². The SMILES string of the molecule is CC(=O)O.C[PH+](C)c1ccccc1-c1[c-]cccc1.[Pd]. The van der Waals surface area contributed by atoms with E-state index in [0.29, 0.717) is 0 Å². The van der Waals surface area contributed by atoms with E-state index in [0.717, 1.165) is 6.92 Å². The number of benzene rings is 2. The zero-order chi connectivity index (χ0) is 14.3. The molecule has 2 aromatic carbocycles. The Hall–Kier alpha value is -0.998. The molecular weight excluding hydrogens is 362 g/mol. The molecule has 0 saturated carbocycles. The van der Waals surface area contributed by atoms with E-state index in [1.807, 2.05) is 12.1 Å². The van der Waals surface area contributed by atoms with Crippen molar-refractivity contribution in [3.63, 3.8) is 0 Å². The largest absolute Gasteiger partial charge is 0.481 e. The monoisotopic (exact) mass is 380 g/mol. The third-order valence-electron chi connectivity index (χ3n) is 2.46. The molecule has 0 radical (unpaired) electrons. The van der Waals surface area contributed by atoms with E-state index in [1.165, 1.54) is 16.4 Å². The third-order valence-corrected chi connectivity index (χ3v) is 3.98. The minimum absolute atomic E-state index is 0. The fourth-order valence-corrected chi connectivity index (χ4v) is 2.90. The first-order valence-corrected chi connectivity index (χ1v) is 8.58. The van der Waals surface area contributed by atoms with Gasteiger partial charge in [-0.15, -0.1) is 35.9 Å². The summed E-state index contributed by atoms with van der Waals surface area (Å²) in [7, 11) is -0.409. The Morgan fingerprint density at radius 1 is 1.10 bits per heavy atom. The maximum absolute atomic E-state index is 9.00. The normalized spacial score (nSPS) is 9.20. The van der Waals surface area contributed by atoms with E-state index in [4.69, 9.17) is 9.90 Å². The number of carboxylic acid groups (broad SMARTS) is 1. The Labute approximate surface area is 135 Å². The van der Waals surface area contributed by atoms with Crippen molar-refractivity contribution in [1.82, 2.24) is 0 Å². The quantitative estimate of drug-likeness (QED) is 0.493. The summed E-state index contributed by atoms with van der Waals surface area (Å²) in [5, 5.41) is 8.91. The average molecular weight is 381 g/mol. The molecule has 0 amide bonds. The fourth-order valence-electron chi connectivity index (χ4n) is 1.71. The molecule has 20 heavy (non-hydrogen) atoms. The van der Waals surface area contributed by atoms with Crippen molar-refractivity contribution in [3.05, 3.63) is 54.6 Å². The molecule has 0 aliphatic rings. The number of hydrogen-bond acceptors (Lipinski definition) is 1. The summed E-state index contributed by atoms with van der Waals surface area (Å²) >= 11 is 0. The van der Waals surface area contributed by atoms with Crippen LogP contribution in [0.3, 0.4) is 0 Å². The molecule has 2 nitrogen and oxygen atoms in total. The standard InChI is InChI=1S/C14H14P.C2H4O2.Pd/c1-15(2)14-11-7-6-10-13(14)12-8-4-3-5-9-12;1-2(3)4;/h3-8,10-11H,1-2H3;1H3,(H,3,4);/q-1;;/p+1. The van der Waals surface area contributed by atoms with Crippen molar-refractivity contribution in [1.29, 1.82) is 0 Å². The van der Waals surface area contributed by atoms with Crippen LogP contribution >= 0.6 is 7.92 Å². The van der Waals surface area contributed by atoms with Gasteiger partial charge in [0.1, 0.15) is 0 Å². The Morgan fingerprint density at radius 2 is 1.65 bits per heavy atom. The van der Waals surface area contributed by atoms with Gasteiger partial charge in [-0.05, 0) is 6.07 Å². The molecule has 2 rings (SSSR count). The second-order valence-corrected chi connectivity index (χ2v) is 6.88. The van der Waals surface area contributed by atoms with E-state index in [9.17, 15) is 0 Å². The number of rotatable bonds is 2. The van der Waals surface area contributed by atoms with Crippen LogP contribution in [0.4, 0.5) is 0 Å². The van der Waals surface area contributed by atoms with Crippen LogP contribution in [0.25, 0.3) is 11.1 Å². The van der Waals surface area contributed by atoms with Crippen molar-refractivity contribution in [2.75, 3.05) is 13.3 Å². The smallest absolute Gasteiger partial charge is 0.300 e. The van der Waals surface area contributed by atoms with E-state index in [2.05, 4.69) is 55.8 Å². The van der Waals surface area contributed by atoms with Gasteiger partial charge in [0.15, 0.2) is 0 Å². The number of carboxylic acids is 1. The van der Waals surface area contributed by atoms with E-state index in [-0.39, 0.29) is 20.4 Å². The zero-order valence-corrected chi connectivity index (χ0v) is 14.3. The van der Waals surface area contributed by atoms with Gasteiger partial charge in [-0.1, -0.05) is 23.8 Å². The van der Waals surface area contributed by atoms with Gasteiger partial charge >= 0.3 is 0 Å². The van der Waals surface area contributed by atoms with Crippen LogP contribution in [0.1, 0.15) is 6.92 Å². The molecule has 1 N–H and O–H groups in total. The van der Waals surface area contributed by atoms with Crippen LogP contribution < -0.4 is 5.30 Å². The Balaban J connectivity index is 0.000000644. The van der Waals surface area contributed by atoms with Gasteiger partial charge in [0, 0.05) is 35.3 Å². The number of hydrogen-bond donors (Lipinski definition) is 1. The maximum atomic E-state index is 9.00. The first kappa shape index (κ1) is 19.0. The van der Waals surface area contributed by atoms with Crippen LogP contribution in [0, 0.1) is 6.07 Å². The van der Waals surface area contributed by atoms with E-state index >= 15 is 0 Å². The number of aliphatic carboxylic acids is 1. The predicted octanol–water partition coefficient (Wildman–Crippen LogP) is 3.34. The molecule has 110 valence electrons. The molecular formula is C16H19O2PPd. The first-order chi connectivity index (χ1) is 9.02. The summed E-state index contributed by atoms with van der Waals surface area (Å²) in [6, 6.07) is 20.1. The minimum atomic E-state index is -0.833. The van der Waals surface area contributed by atoms with Crippen LogP contribution in [0.5, 0.6) is 0 Å². The molecule has 0 spiro atoms. The summed E-state index contributed by atoms with van der Waals surface area (Å²) in [4.78, 5) is 9.00. The van der Waals surface area contributed by atoms with Crippen LogP contribution in [0.15, 0.2) is 48.5 Å². The Kier molecular flexibility index (Phi) is 9.34. The third kappa shape index (κ3) is 6.44. The Morgan fingerprint density at radius 3 is 2.15 bits per heavy atom. The van der Waals surface area contributed by atoms with Gasteiger partial charge < -0.3 is 5.11 Å². The summed E-state index contributed by atoms with van der Waals surface area (Å²) < 4.78 is 0. The van der Waals surface area contributed by atoms with Crippen molar-refractivity contribution >= 4 is 19.2 Å². The molecule has 0 unspecified atom stereocenters. The molecule has 0 saturated heterocycles. The predicted molar refractivity (Wildman–Crippen MR) is 83.8 cm³/mol. The van der Waals surface area contributed by atoms with Gasteiger partial charge in [-0.3, -0.25) is 4.79 Å². The molecule has 0 atom stereocenters. The Bertz CT molecular complexity index is 523. The summed E-state index contributed by atoms with van der Waals surface area (Å²) in [6.45, 7) is 5.74. The van der Waals surface area contributed by atoms with Crippen molar-refractivity contribution in [3.8, 4) is 11.1 Å². The van der Waals surface area contributed by atoms with Crippen molar-refractivity contribution < 1.29 is 30.3 Å². The molecule has 4 heteroatoms. The van der Waals surface area contributed by atoms with Gasteiger partial charge in [-0.25, -0.2) is 0 Å². The first-order valence-electron chi connectivity index (χ1n) is 6.08. The average Bonchev–Trinajstić information content (AvgIpc) is 2.39. The zero-order valence-electron chi connectivity index (χ0n) is 11.8. The summed E-state index contributed by atoms with van der Waals surface area (Å²) in [5.41, 5.74) is 2.55. The minimum Gasteiger partial charge on any atom is -0.481 e. The van der Waals surface area contributed by atoms with Crippen LogP contribution in [0.2, 0.25) is 0 Å². The molecule has 0 fully saturated rings. The van der Waals surface area contributed by atoms with E-state index < -0.39 is 13.9 Å². The van der Waals surface area contributed by atoms with Gasteiger partial charge in [0.05, 0.1) is 18.6 Å². The topological polar surface area (TPSA) is 37.3 Å². The van der Waals surface area contributed by atoms with Gasteiger partial charge in [0.25, 0.3) is 5.97 Å². The van der Waals surface area contributed by atoms with Gasteiger partial charge in [-0.2, -0.15) is 0 Å². The number of carbonyl (C=O) groups is 1. The molecule has 0 aliphatic carbocycles. The van der Waals surface area contributed by atoms with Crippen LogP contribution in [-0.4, -0.2) is 24.4 Å². The molecule has 2 aromatic rings. The van der Waals surface area contributed by atoms with Gasteiger partial charge in [0.2, 0.25) is 0 Å². The van der Waals surface area contributed by atoms with Crippen molar-refractivity contribution in [2.24, 2.45) is 0 Å². The fraction of sp³-hybridized carbons (Fsp3) is 0.188. The molecule has 0 bridgehead atoms. The summed E-state index contributed by atoms with van der Waals surface area (Å²) in [6.07, 6.45) is 0. The molecule has 0 aromatic heterocycles. The maximum Gasteiger partial charge on any atom is 0.300 e. The van der Waals surface area contributed by atoms with E-state index in [1.54, 1.807) is 0 Å². The van der Waals surface area contributed by atoms with Crippen LogP contribution in [-0.2, 0) is 25.2 Å². The second-order valence-electron chi connectivity index (χ2n) is 4.34. The molecule has 0 heterocycles. The summed E-state index contributed by atoms with van der Waals surface area (Å²) in [5.74, 6) is -0.833.